The molecule has 19 heavy (non-hydrogen) atoms. The van der Waals surface area contributed by atoms with Gasteiger partial charge in [0.25, 0.3) is 0 Å². The highest BCUT2D eigenvalue weighted by Gasteiger charge is 2.28. The van der Waals surface area contributed by atoms with E-state index < -0.39 is 0 Å². The number of aromatic hydroxyl groups is 1. The summed E-state index contributed by atoms with van der Waals surface area (Å²) in [5, 5.41) is 13.3. The van der Waals surface area contributed by atoms with Crippen molar-refractivity contribution in [3.05, 3.63) is 17.7 Å². The van der Waals surface area contributed by atoms with E-state index in [2.05, 4.69) is 12.2 Å². The maximum absolute atomic E-state index is 9.85. The number of benzene rings is 1. The van der Waals surface area contributed by atoms with Gasteiger partial charge in [0, 0.05) is 18.7 Å². The van der Waals surface area contributed by atoms with Crippen LogP contribution in [0.2, 0.25) is 0 Å². The molecule has 0 spiro atoms. The van der Waals surface area contributed by atoms with E-state index in [0.717, 1.165) is 25.2 Å². The minimum atomic E-state index is 0.0123. The number of rotatable bonds is 5. The molecule has 1 atom stereocenters. The average Bonchev–Trinajstić information content (AvgIpc) is 2.85. The Bertz CT molecular complexity index is 416. The van der Waals surface area contributed by atoms with Gasteiger partial charge in [0.05, 0.1) is 20.8 Å². The fourth-order valence-electron chi connectivity index (χ4n) is 2.17. The third kappa shape index (κ3) is 3.11. The van der Waals surface area contributed by atoms with Crippen LogP contribution in [0.1, 0.15) is 18.9 Å². The van der Waals surface area contributed by atoms with Crippen molar-refractivity contribution in [2.75, 3.05) is 27.4 Å². The molecule has 1 saturated heterocycles. The second-order valence-corrected chi connectivity index (χ2v) is 5.07. The van der Waals surface area contributed by atoms with Gasteiger partial charge in [-0.05, 0) is 31.0 Å². The van der Waals surface area contributed by atoms with Gasteiger partial charge < -0.3 is 24.6 Å². The third-order valence-corrected chi connectivity index (χ3v) is 3.48. The lowest BCUT2D eigenvalue weighted by Crippen LogP contribution is -2.42. The normalized spacial score (nSPS) is 22.5. The average molecular weight is 267 g/mol. The van der Waals surface area contributed by atoms with E-state index in [0.29, 0.717) is 18.0 Å². The maximum Gasteiger partial charge on any atom is 0.200 e. The van der Waals surface area contributed by atoms with Gasteiger partial charge in [0.15, 0.2) is 11.5 Å². The van der Waals surface area contributed by atoms with Gasteiger partial charge >= 0.3 is 0 Å². The maximum atomic E-state index is 9.85. The number of ether oxygens (including phenoxy) is 3. The summed E-state index contributed by atoms with van der Waals surface area (Å²) in [7, 11) is 3.05. The number of phenols is 1. The standard InChI is InChI=1S/C14H21NO4/c1-14(4-5-19-9-14)15-8-10-6-11(17-2)13(16)12(7-10)18-3/h6-7,15-16H,4-5,8-9H2,1-3H3. The first kappa shape index (κ1) is 14.0. The highest BCUT2D eigenvalue weighted by Crippen LogP contribution is 2.37. The summed E-state index contributed by atoms with van der Waals surface area (Å²) in [5.41, 5.74) is 1.01. The molecule has 0 saturated carbocycles. The second kappa shape index (κ2) is 5.67. The van der Waals surface area contributed by atoms with E-state index in [4.69, 9.17) is 14.2 Å². The van der Waals surface area contributed by atoms with Crippen molar-refractivity contribution in [3.63, 3.8) is 0 Å². The Morgan fingerprint density at radius 1 is 1.32 bits per heavy atom. The summed E-state index contributed by atoms with van der Waals surface area (Å²) in [6, 6.07) is 3.62. The molecule has 1 aliphatic heterocycles. The zero-order valence-corrected chi connectivity index (χ0v) is 11.7. The van der Waals surface area contributed by atoms with Crippen LogP contribution in [0.5, 0.6) is 17.2 Å². The number of nitrogens with one attached hydrogen (secondary N) is 1. The van der Waals surface area contributed by atoms with Crippen molar-refractivity contribution in [3.8, 4) is 17.2 Å². The van der Waals surface area contributed by atoms with Crippen LogP contribution in [-0.4, -0.2) is 38.1 Å². The first-order valence-corrected chi connectivity index (χ1v) is 6.34. The van der Waals surface area contributed by atoms with E-state index in [1.165, 1.54) is 14.2 Å². The van der Waals surface area contributed by atoms with Gasteiger partial charge in [-0.3, -0.25) is 0 Å². The first-order chi connectivity index (χ1) is 9.08. The Labute approximate surface area is 113 Å². The molecule has 1 heterocycles. The topological polar surface area (TPSA) is 60.0 Å². The molecule has 1 aromatic rings. The van der Waals surface area contributed by atoms with Crippen molar-refractivity contribution in [2.24, 2.45) is 0 Å². The van der Waals surface area contributed by atoms with E-state index in [-0.39, 0.29) is 11.3 Å². The highest BCUT2D eigenvalue weighted by atomic mass is 16.5. The Balaban J connectivity index is 2.11. The summed E-state index contributed by atoms with van der Waals surface area (Å²) in [4.78, 5) is 0. The molecule has 1 unspecified atom stereocenters. The lowest BCUT2D eigenvalue weighted by atomic mass is 10.0. The summed E-state index contributed by atoms with van der Waals surface area (Å²) in [6.07, 6.45) is 0.999. The van der Waals surface area contributed by atoms with Crippen molar-refractivity contribution in [1.82, 2.24) is 5.32 Å². The molecule has 0 amide bonds. The van der Waals surface area contributed by atoms with Crippen molar-refractivity contribution >= 4 is 0 Å². The Morgan fingerprint density at radius 3 is 2.42 bits per heavy atom. The Morgan fingerprint density at radius 2 is 1.95 bits per heavy atom. The third-order valence-electron chi connectivity index (χ3n) is 3.48. The fourth-order valence-corrected chi connectivity index (χ4v) is 2.17. The van der Waals surface area contributed by atoms with Gasteiger partial charge in [0.1, 0.15) is 0 Å². The van der Waals surface area contributed by atoms with Crippen LogP contribution in [0.15, 0.2) is 12.1 Å². The lowest BCUT2D eigenvalue weighted by Gasteiger charge is -2.24. The zero-order valence-electron chi connectivity index (χ0n) is 11.7. The molecule has 1 fully saturated rings. The van der Waals surface area contributed by atoms with Gasteiger partial charge in [0.2, 0.25) is 5.75 Å². The van der Waals surface area contributed by atoms with Gasteiger partial charge in [-0.15, -0.1) is 0 Å². The summed E-state index contributed by atoms with van der Waals surface area (Å²) >= 11 is 0. The smallest absolute Gasteiger partial charge is 0.200 e. The van der Waals surface area contributed by atoms with E-state index in [1.807, 2.05) is 12.1 Å². The molecule has 106 valence electrons. The van der Waals surface area contributed by atoms with Crippen LogP contribution < -0.4 is 14.8 Å². The van der Waals surface area contributed by atoms with Crippen LogP contribution in [-0.2, 0) is 11.3 Å². The summed E-state index contributed by atoms with van der Waals surface area (Å²) < 4.78 is 15.7. The second-order valence-electron chi connectivity index (χ2n) is 5.07. The minimum absolute atomic E-state index is 0.0123. The van der Waals surface area contributed by atoms with E-state index in [1.54, 1.807) is 0 Å². The molecule has 0 bridgehead atoms. The molecular formula is C14H21NO4. The Kier molecular flexibility index (Phi) is 4.17. The predicted molar refractivity (Wildman–Crippen MR) is 71.9 cm³/mol. The number of phenolic OH excluding ortho intramolecular Hbond substituents is 1. The van der Waals surface area contributed by atoms with Crippen molar-refractivity contribution in [1.29, 1.82) is 0 Å². The van der Waals surface area contributed by atoms with Gasteiger partial charge in [-0.2, -0.15) is 0 Å². The number of methoxy groups -OCH3 is 2. The largest absolute Gasteiger partial charge is 0.502 e. The van der Waals surface area contributed by atoms with Crippen molar-refractivity contribution < 1.29 is 19.3 Å². The molecule has 0 aliphatic carbocycles. The molecule has 0 radical (unpaired) electrons. The molecule has 1 aromatic carbocycles. The van der Waals surface area contributed by atoms with Crippen LogP contribution in [0.4, 0.5) is 0 Å². The molecule has 5 heteroatoms. The summed E-state index contributed by atoms with van der Waals surface area (Å²) in [6.45, 7) is 4.34. The van der Waals surface area contributed by atoms with Gasteiger partial charge in [-0.1, -0.05) is 0 Å². The minimum Gasteiger partial charge on any atom is -0.502 e. The molecular weight excluding hydrogens is 246 g/mol. The Hall–Kier alpha value is -1.46. The highest BCUT2D eigenvalue weighted by molar-refractivity contribution is 5.52. The first-order valence-electron chi connectivity index (χ1n) is 6.34. The monoisotopic (exact) mass is 267 g/mol. The van der Waals surface area contributed by atoms with E-state index in [9.17, 15) is 5.11 Å². The van der Waals surface area contributed by atoms with Crippen molar-refractivity contribution in [2.45, 2.75) is 25.4 Å². The molecule has 1 aliphatic rings. The molecule has 0 aromatic heterocycles. The molecule has 2 rings (SSSR count). The quantitative estimate of drug-likeness (QED) is 0.850. The SMILES string of the molecule is COc1cc(CNC2(C)CCOC2)cc(OC)c1O. The fraction of sp³-hybridized carbons (Fsp3) is 0.571. The van der Waals surface area contributed by atoms with Crippen LogP contribution in [0, 0.1) is 0 Å². The van der Waals surface area contributed by atoms with Crippen LogP contribution in [0.25, 0.3) is 0 Å². The van der Waals surface area contributed by atoms with Gasteiger partial charge in [-0.25, -0.2) is 0 Å². The lowest BCUT2D eigenvalue weighted by molar-refractivity contribution is 0.171. The van der Waals surface area contributed by atoms with E-state index >= 15 is 0 Å². The predicted octanol–water partition coefficient (Wildman–Crippen LogP) is 1.68. The zero-order chi connectivity index (χ0) is 13.9. The number of hydrogen-bond donors (Lipinski definition) is 2. The van der Waals surface area contributed by atoms with Crippen LogP contribution >= 0.6 is 0 Å². The van der Waals surface area contributed by atoms with Crippen LogP contribution in [0.3, 0.4) is 0 Å². The number of hydrogen-bond acceptors (Lipinski definition) is 5. The molecule has 5 nitrogen and oxygen atoms in total. The molecule has 2 N–H and O–H groups in total. The summed E-state index contributed by atoms with van der Waals surface area (Å²) in [5.74, 6) is 0.872.